The number of halogens is 6. The number of carboxylic acid groups (broad SMARTS) is 2. The van der Waals surface area contributed by atoms with Crippen LogP contribution in [0.15, 0.2) is 41.7 Å². The molecule has 10 nitrogen and oxygen atoms in total. The first-order chi connectivity index (χ1) is 18.1. The molecular formula is C22H23F6N5O5S. The molecule has 3 aromatic rings. The summed E-state index contributed by atoms with van der Waals surface area (Å²) in [4.78, 5) is 44.2. The molecule has 0 aliphatic carbocycles. The molecule has 2 N–H and O–H groups in total. The first-order valence-corrected chi connectivity index (χ1v) is 11.8. The van der Waals surface area contributed by atoms with Crippen molar-refractivity contribution in [2.45, 2.75) is 51.9 Å². The second-order valence-corrected chi connectivity index (χ2v) is 9.44. The molecule has 0 fully saturated rings. The molecule has 3 aromatic heterocycles. The lowest BCUT2D eigenvalue weighted by Crippen LogP contribution is -2.27. The van der Waals surface area contributed by atoms with Gasteiger partial charge in [-0.1, -0.05) is 0 Å². The van der Waals surface area contributed by atoms with Gasteiger partial charge in [-0.2, -0.15) is 26.3 Å². The van der Waals surface area contributed by atoms with Crippen molar-refractivity contribution >= 4 is 23.3 Å². The Labute approximate surface area is 220 Å². The first-order valence-electron chi connectivity index (χ1n) is 11.0. The number of aryl methyl sites for hydroxylation is 1. The van der Waals surface area contributed by atoms with E-state index in [0.717, 1.165) is 37.6 Å². The molecule has 1 aliphatic heterocycles. The first kappa shape index (κ1) is 31.5. The van der Waals surface area contributed by atoms with Gasteiger partial charge in [-0.05, 0) is 25.5 Å². The van der Waals surface area contributed by atoms with Crippen LogP contribution in [-0.2, 0) is 35.8 Å². The monoisotopic (exact) mass is 583 g/mol. The van der Waals surface area contributed by atoms with Crippen LogP contribution in [0.1, 0.15) is 27.7 Å². The minimum absolute atomic E-state index is 0.0499. The van der Waals surface area contributed by atoms with Crippen molar-refractivity contribution in [3.8, 4) is 0 Å². The smallest absolute Gasteiger partial charge is 0.475 e. The van der Waals surface area contributed by atoms with E-state index >= 15 is 0 Å². The Morgan fingerprint density at radius 2 is 1.64 bits per heavy atom. The minimum Gasteiger partial charge on any atom is -0.475 e. The predicted octanol–water partition coefficient (Wildman–Crippen LogP) is 3.53. The number of carbonyl (C=O) groups is 2. The lowest BCUT2D eigenvalue weighted by molar-refractivity contribution is -0.193. The van der Waals surface area contributed by atoms with Crippen LogP contribution in [0.3, 0.4) is 0 Å². The maximum Gasteiger partial charge on any atom is 0.490 e. The molecular weight excluding hydrogens is 560 g/mol. The molecule has 214 valence electrons. The van der Waals surface area contributed by atoms with Crippen LogP contribution in [0.2, 0.25) is 0 Å². The Kier molecular flexibility index (Phi) is 10.8. The van der Waals surface area contributed by atoms with Crippen molar-refractivity contribution in [3.63, 3.8) is 0 Å². The Morgan fingerprint density at radius 1 is 1.03 bits per heavy atom. The van der Waals surface area contributed by atoms with Crippen molar-refractivity contribution in [3.05, 3.63) is 68.5 Å². The van der Waals surface area contributed by atoms with Gasteiger partial charge in [0.25, 0.3) is 5.56 Å². The third kappa shape index (κ3) is 10.5. The fourth-order valence-corrected chi connectivity index (χ4v) is 4.20. The van der Waals surface area contributed by atoms with Gasteiger partial charge in [-0.25, -0.2) is 19.6 Å². The zero-order valence-corrected chi connectivity index (χ0v) is 21.1. The maximum atomic E-state index is 12.5. The van der Waals surface area contributed by atoms with Gasteiger partial charge >= 0.3 is 24.3 Å². The number of imidazole rings is 1. The maximum absolute atomic E-state index is 12.5. The number of alkyl halides is 6. The van der Waals surface area contributed by atoms with Crippen molar-refractivity contribution in [2.75, 3.05) is 6.54 Å². The number of hydrogen-bond donors (Lipinski definition) is 2. The normalized spacial score (nSPS) is 13.7. The number of nitrogens with zero attached hydrogens (tertiary/aromatic N) is 5. The van der Waals surface area contributed by atoms with Gasteiger partial charge < -0.3 is 14.8 Å². The molecule has 0 amide bonds. The van der Waals surface area contributed by atoms with Crippen LogP contribution >= 0.6 is 11.3 Å². The Hall–Kier alpha value is -3.73. The standard InChI is InChI=1S/C18H21N5OS.2C2HF3O2/c1-14-3-4-16(25-14)11-21-6-2-7-23-17(12-21)20-15(9-18(23)24)10-22-8-5-19-13-22;2*3-2(4,5)1(6)7/h3-5,8-9,13H,2,6-7,10-12H2,1H3;2*(H,6,7). The van der Waals surface area contributed by atoms with E-state index in [1.54, 1.807) is 18.6 Å². The SMILES string of the molecule is Cc1ccc(CN2CCCn3c(nc(Cn4ccnc4)cc3=O)C2)s1.O=C(O)C(F)(F)F.O=C(O)C(F)(F)F. The average Bonchev–Trinajstić information content (AvgIpc) is 3.41. The molecule has 4 heterocycles. The van der Waals surface area contributed by atoms with Gasteiger partial charge in [0.15, 0.2) is 0 Å². The highest BCUT2D eigenvalue weighted by Gasteiger charge is 2.38. The van der Waals surface area contributed by atoms with Crippen LogP contribution in [0.25, 0.3) is 0 Å². The van der Waals surface area contributed by atoms with Crippen molar-refractivity contribution in [1.82, 2.24) is 24.0 Å². The van der Waals surface area contributed by atoms with E-state index < -0.39 is 24.3 Å². The molecule has 17 heteroatoms. The fraction of sp³-hybridized carbons (Fsp3) is 0.409. The molecule has 0 unspecified atom stereocenters. The Bertz CT molecular complexity index is 1280. The molecule has 1 aliphatic rings. The van der Waals surface area contributed by atoms with E-state index in [1.165, 1.54) is 9.75 Å². The number of thiophene rings is 1. The van der Waals surface area contributed by atoms with Gasteiger partial charge in [0.05, 0.1) is 25.1 Å². The number of rotatable bonds is 4. The molecule has 4 rings (SSSR count). The molecule has 0 saturated heterocycles. The van der Waals surface area contributed by atoms with E-state index in [9.17, 15) is 31.1 Å². The van der Waals surface area contributed by atoms with E-state index in [1.807, 2.05) is 26.7 Å². The Morgan fingerprint density at radius 3 is 2.13 bits per heavy atom. The van der Waals surface area contributed by atoms with Crippen LogP contribution < -0.4 is 5.56 Å². The molecule has 39 heavy (non-hydrogen) atoms. The fourth-order valence-electron chi connectivity index (χ4n) is 3.27. The Balaban J connectivity index is 0.000000317. The summed E-state index contributed by atoms with van der Waals surface area (Å²) in [5.41, 5.74) is 0.844. The van der Waals surface area contributed by atoms with Crippen LogP contribution in [-0.4, -0.2) is 65.1 Å². The third-order valence-electron chi connectivity index (χ3n) is 4.93. The summed E-state index contributed by atoms with van der Waals surface area (Å²) in [6.45, 7) is 6.07. The van der Waals surface area contributed by atoms with Gasteiger partial charge in [-0.15, -0.1) is 11.3 Å². The number of hydrogen-bond acceptors (Lipinski definition) is 7. The van der Waals surface area contributed by atoms with Crippen LogP contribution in [0.5, 0.6) is 0 Å². The molecule has 0 atom stereocenters. The van der Waals surface area contributed by atoms with E-state index in [4.69, 9.17) is 24.8 Å². The predicted molar refractivity (Wildman–Crippen MR) is 125 cm³/mol. The zero-order chi connectivity index (χ0) is 29.4. The van der Waals surface area contributed by atoms with Crippen molar-refractivity contribution in [1.29, 1.82) is 0 Å². The topological polar surface area (TPSA) is 131 Å². The number of carboxylic acids is 2. The van der Waals surface area contributed by atoms with Gasteiger partial charge in [0.1, 0.15) is 5.82 Å². The summed E-state index contributed by atoms with van der Waals surface area (Å²) in [5, 5.41) is 14.2. The summed E-state index contributed by atoms with van der Waals surface area (Å²) >= 11 is 1.84. The molecule has 0 spiro atoms. The third-order valence-corrected chi connectivity index (χ3v) is 5.91. The molecule has 0 radical (unpaired) electrons. The van der Waals surface area contributed by atoms with Crippen LogP contribution in [0.4, 0.5) is 26.3 Å². The molecule has 0 bridgehead atoms. The number of fused-ring (bicyclic) bond motifs is 1. The molecule has 0 saturated carbocycles. The lowest BCUT2D eigenvalue weighted by Gasteiger charge is -2.19. The summed E-state index contributed by atoms with van der Waals surface area (Å²) in [6, 6.07) is 6.01. The highest BCUT2D eigenvalue weighted by atomic mass is 32.1. The number of aliphatic carboxylic acids is 2. The highest BCUT2D eigenvalue weighted by Crippen LogP contribution is 2.20. The summed E-state index contributed by atoms with van der Waals surface area (Å²) in [5.74, 6) is -4.65. The summed E-state index contributed by atoms with van der Waals surface area (Å²) in [6.07, 6.45) is -3.83. The average molecular weight is 584 g/mol. The summed E-state index contributed by atoms with van der Waals surface area (Å²) in [7, 11) is 0. The quantitative estimate of drug-likeness (QED) is 0.447. The second kappa shape index (κ2) is 13.4. The van der Waals surface area contributed by atoms with Gasteiger partial charge in [-0.3, -0.25) is 14.3 Å². The minimum atomic E-state index is -5.08. The number of aromatic nitrogens is 4. The lowest BCUT2D eigenvalue weighted by atomic mass is 10.3. The van der Waals surface area contributed by atoms with Crippen LogP contribution in [0, 0.1) is 6.92 Å². The van der Waals surface area contributed by atoms with Crippen molar-refractivity contribution in [2.24, 2.45) is 0 Å². The van der Waals surface area contributed by atoms with E-state index in [2.05, 4.69) is 28.9 Å². The van der Waals surface area contributed by atoms with Gasteiger partial charge in [0, 0.05) is 47.8 Å². The largest absolute Gasteiger partial charge is 0.490 e. The van der Waals surface area contributed by atoms with Gasteiger partial charge in [0.2, 0.25) is 0 Å². The second-order valence-electron chi connectivity index (χ2n) is 8.07. The van der Waals surface area contributed by atoms with E-state index in [-0.39, 0.29) is 5.56 Å². The zero-order valence-electron chi connectivity index (χ0n) is 20.2. The van der Waals surface area contributed by atoms with Crippen molar-refractivity contribution < 1.29 is 46.1 Å². The highest BCUT2D eigenvalue weighted by molar-refractivity contribution is 7.11. The van der Waals surface area contributed by atoms with E-state index in [0.29, 0.717) is 13.1 Å². The molecule has 0 aromatic carbocycles. The summed E-state index contributed by atoms with van der Waals surface area (Å²) < 4.78 is 67.2.